The summed E-state index contributed by atoms with van der Waals surface area (Å²) in [7, 11) is 0. The normalized spacial score (nSPS) is 10.6. The lowest BCUT2D eigenvalue weighted by Gasteiger charge is -2.09. The largest absolute Gasteiger partial charge is 0.354 e. The van der Waals surface area contributed by atoms with Crippen LogP contribution in [0, 0.1) is 5.92 Å². The van der Waals surface area contributed by atoms with E-state index in [1.165, 1.54) is 0 Å². The molecule has 0 spiro atoms. The standard InChI is InChI=1S/C8H17NO/c1-6(2)5-8(10)9-7(3)4/h6-7H,5H2,1-4H3,(H,9,10). The van der Waals surface area contributed by atoms with Gasteiger partial charge in [0.15, 0.2) is 0 Å². The summed E-state index contributed by atoms with van der Waals surface area (Å²) in [6.45, 7) is 8.02. The predicted molar refractivity (Wildman–Crippen MR) is 42.7 cm³/mol. The molecule has 0 saturated carbocycles. The van der Waals surface area contributed by atoms with Gasteiger partial charge < -0.3 is 5.32 Å². The van der Waals surface area contributed by atoms with Crippen LogP contribution in [-0.2, 0) is 4.79 Å². The molecule has 0 bridgehead atoms. The second-order valence-electron chi connectivity index (χ2n) is 3.32. The van der Waals surface area contributed by atoms with E-state index in [1.807, 2.05) is 27.7 Å². The van der Waals surface area contributed by atoms with Gasteiger partial charge in [-0.25, -0.2) is 0 Å². The van der Waals surface area contributed by atoms with E-state index < -0.39 is 0 Å². The SMILES string of the molecule is CC(C)CC(=O)NC(C)C. The van der Waals surface area contributed by atoms with Crippen LogP contribution in [0.15, 0.2) is 0 Å². The van der Waals surface area contributed by atoms with Crippen molar-refractivity contribution in [3.8, 4) is 0 Å². The molecule has 10 heavy (non-hydrogen) atoms. The highest BCUT2D eigenvalue weighted by Crippen LogP contribution is 1.98. The van der Waals surface area contributed by atoms with Crippen molar-refractivity contribution in [2.45, 2.75) is 40.2 Å². The summed E-state index contributed by atoms with van der Waals surface area (Å²) >= 11 is 0. The van der Waals surface area contributed by atoms with Gasteiger partial charge in [0, 0.05) is 12.5 Å². The summed E-state index contributed by atoms with van der Waals surface area (Å²) in [5.41, 5.74) is 0. The molecule has 0 aliphatic rings. The smallest absolute Gasteiger partial charge is 0.220 e. The van der Waals surface area contributed by atoms with Crippen molar-refractivity contribution in [1.82, 2.24) is 5.32 Å². The van der Waals surface area contributed by atoms with Crippen molar-refractivity contribution < 1.29 is 4.79 Å². The van der Waals surface area contributed by atoms with E-state index >= 15 is 0 Å². The van der Waals surface area contributed by atoms with Gasteiger partial charge in [0.2, 0.25) is 5.91 Å². The monoisotopic (exact) mass is 143 g/mol. The Bertz CT molecular complexity index is 95.8. The molecule has 0 saturated heterocycles. The highest BCUT2D eigenvalue weighted by molar-refractivity contribution is 5.76. The number of nitrogens with one attached hydrogen (secondary N) is 1. The molecular formula is C8H17NO. The van der Waals surface area contributed by atoms with E-state index in [1.54, 1.807) is 0 Å². The molecular weight excluding hydrogens is 126 g/mol. The van der Waals surface area contributed by atoms with Gasteiger partial charge in [0.1, 0.15) is 0 Å². The summed E-state index contributed by atoms with van der Waals surface area (Å²) in [5.74, 6) is 0.615. The number of carbonyl (C=O) groups excluding carboxylic acids is 1. The van der Waals surface area contributed by atoms with Crippen molar-refractivity contribution in [2.24, 2.45) is 5.92 Å². The zero-order valence-corrected chi connectivity index (χ0v) is 7.27. The minimum Gasteiger partial charge on any atom is -0.354 e. The maximum absolute atomic E-state index is 11.0. The maximum atomic E-state index is 11.0. The molecule has 0 heterocycles. The van der Waals surface area contributed by atoms with Crippen molar-refractivity contribution in [2.75, 3.05) is 0 Å². The third-order valence-electron chi connectivity index (χ3n) is 1.04. The second-order valence-corrected chi connectivity index (χ2v) is 3.32. The average Bonchev–Trinajstić information content (AvgIpc) is 1.58. The molecule has 0 aromatic rings. The summed E-state index contributed by atoms with van der Waals surface area (Å²) in [4.78, 5) is 11.0. The Kier molecular flexibility index (Phi) is 4.08. The van der Waals surface area contributed by atoms with Crippen LogP contribution in [0.25, 0.3) is 0 Å². The Labute approximate surface area is 63.0 Å². The molecule has 0 fully saturated rings. The molecule has 0 radical (unpaired) electrons. The quantitative estimate of drug-likeness (QED) is 0.638. The first-order valence-corrected chi connectivity index (χ1v) is 3.81. The molecule has 0 aromatic carbocycles. The lowest BCUT2D eigenvalue weighted by atomic mass is 10.1. The lowest BCUT2D eigenvalue weighted by molar-refractivity contribution is -0.122. The molecule has 0 aliphatic carbocycles. The molecule has 0 aromatic heterocycles. The predicted octanol–water partition coefficient (Wildman–Crippen LogP) is 1.56. The van der Waals surface area contributed by atoms with Crippen LogP contribution in [0.4, 0.5) is 0 Å². The minimum absolute atomic E-state index is 0.157. The number of amides is 1. The minimum atomic E-state index is 0.157. The van der Waals surface area contributed by atoms with Gasteiger partial charge in [-0.05, 0) is 19.8 Å². The summed E-state index contributed by atoms with van der Waals surface area (Å²) in [6.07, 6.45) is 0.637. The van der Waals surface area contributed by atoms with Gasteiger partial charge >= 0.3 is 0 Å². The fourth-order valence-corrected chi connectivity index (χ4v) is 0.752. The third kappa shape index (κ3) is 5.60. The number of rotatable bonds is 3. The molecule has 1 N–H and O–H groups in total. The fraction of sp³-hybridized carbons (Fsp3) is 0.875. The van der Waals surface area contributed by atoms with Gasteiger partial charge in [-0.2, -0.15) is 0 Å². The third-order valence-corrected chi connectivity index (χ3v) is 1.04. The van der Waals surface area contributed by atoms with Gasteiger partial charge in [0.05, 0.1) is 0 Å². The molecule has 0 atom stereocenters. The summed E-state index contributed by atoms with van der Waals surface area (Å²) in [6, 6.07) is 0.270. The Morgan fingerprint density at radius 1 is 1.30 bits per heavy atom. The van der Waals surface area contributed by atoms with Gasteiger partial charge in [-0.15, -0.1) is 0 Å². The Morgan fingerprint density at radius 3 is 2.10 bits per heavy atom. The first-order chi connectivity index (χ1) is 4.52. The van der Waals surface area contributed by atoms with Crippen molar-refractivity contribution in [3.05, 3.63) is 0 Å². The molecule has 2 heteroatoms. The Hall–Kier alpha value is -0.530. The van der Waals surface area contributed by atoms with Gasteiger partial charge in [-0.1, -0.05) is 13.8 Å². The van der Waals surface area contributed by atoms with E-state index in [9.17, 15) is 4.79 Å². The second kappa shape index (κ2) is 4.31. The van der Waals surface area contributed by atoms with E-state index in [0.29, 0.717) is 12.3 Å². The van der Waals surface area contributed by atoms with Crippen LogP contribution >= 0.6 is 0 Å². The van der Waals surface area contributed by atoms with E-state index in [2.05, 4.69) is 5.32 Å². The summed E-state index contributed by atoms with van der Waals surface area (Å²) < 4.78 is 0. The number of hydrogen-bond acceptors (Lipinski definition) is 1. The first kappa shape index (κ1) is 9.47. The van der Waals surface area contributed by atoms with Crippen LogP contribution < -0.4 is 5.32 Å². The van der Waals surface area contributed by atoms with Crippen molar-refractivity contribution in [3.63, 3.8) is 0 Å². The molecule has 0 unspecified atom stereocenters. The highest BCUT2D eigenvalue weighted by Gasteiger charge is 2.04. The molecule has 60 valence electrons. The zero-order chi connectivity index (χ0) is 8.15. The highest BCUT2D eigenvalue weighted by atomic mass is 16.1. The van der Waals surface area contributed by atoms with E-state index in [-0.39, 0.29) is 11.9 Å². The topological polar surface area (TPSA) is 29.1 Å². The number of carbonyl (C=O) groups is 1. The first-order valence-electron chi connectivity index (χ1n) is 3.81. The number of hydrogen-bond donors (Lipinski definition) is 1. The Balaban J connectivity index is 3.44. The molecule has 2 nitrogen and oxygen atoms in total. The van der Waals surface area contributed by atoms with E-state index in [4.69, 9.17) is 0 Å². The van der Waals surface area contributed by atoms with Gasteiger partial charge in [0.25, 0.3) is 0 Å². The van der Waals surface area contributed by atoms with Gasteiger partial charge in [-0.3, -0.25) is 4.79 Å². The van der Waals surface area contributed by atoms with Crippen LogP contribution in [-0.4, -0.2) is 11.9 Å². The molecule has 0 aliphatic heterocycles. The molecule has 1 amide bonds. The maximum Gasteiger partial charge on any atom is 0.220 e. The van der Waals surface area contributed by atoms with Crippen LogP contribution in [0.3, 0.4) is 0 Å². The van der Waals surface area contributed by atoms with Crippen LogP contribution in [0.1, 0.15) is 34.1 Å². The lowest BCUT2D eigenvalue weighted by Crippen LogP contribution is -2.30. The van der Waals surface area contributed by atoms with Crippen LogP contribution in [0.5, 0.6) is 0 Å². The van der Waals surface area contributed by atoms with E-state index in [0.717, 1.165) is 0 Å². The molecule has 0 rings (SSSR count). The van der Waals surface area contributed by atoms with Crippen molar-refractivity contribution in [1.29, 1.82) is 0 Å². The summed E-state index contributed by atoms with van der Waals surface area (Å²) in [5, 5.41) is 2.84. The van der Waals surface area contributed by atoms with Crippen molar-refractivity contribution >= 4 is 5.91 Å². The average molecular weight is 143 g/mol. The Morgan fingerprint density at radius 2 is 1.80 bits per heavy atom. The van der Waals surface area contributed by atoms with Crippen LogP contribution in [0.2, 0.25) is 0 Å². The zero-order valence-electron chi connectivity index (χ0n) is 7.27. The fourth-order valence-electron chi connectivity index (χ4n) is 0.752.